The lowest BCUT2D eigenvalue weighted by Crippen LogP contribution is -2.46. The number of benzene rings is 1. The molecule has 0 saturated heterocycles. The lowest BCUT2D eigenvalue weighted by molar-refractivity contribution is 0.0563. The molecule has 1 saturated carbocycles. The molecule has 0 unspecified atom stereocenters. The van der Waals surface area contributed by atoms with E-state index in [2.05, 4.69) is 15.3 Å². The summed E-state index contributed by atoms with van der Waals surface area (Å²) in [5.41, 5.74) is 4.36. The first-order chi connectivity index (χ1) is 10.7. The molecule has 22 heavy (non-hydrogen) atoms. The normalized spacial score (nSPS) is 20.8. The summed E-state index contributed by atoms with van der Waals surface area (Å²) in [6.07, 6.45) is 4.64. The molecule has 5 nitrogen and oxygen atoms in total. The van der Waals surface area contributed by atoms with Gasteiger partial charge in [0.25, 0.3) is 5.91 Å². The second kappa shape index (κ2) is 5.23. The SMILES string of the molecule is O=C(NC1CC(O)C1)c1cc(-c2cncs2)cc2[nH]ccc12. The molecule has 0 spiro atoms. The van der Waals surface area contributed by atoms with Gasteiger partial charge in [-0.1, -0.05) is 0 Å². The Bertz CT molecular complexity index is 819. The molecule has 0 aliphatic heterocycles. The van der Waals surface area contributed by atoms with E-state index < -0.39 is 0 Å². The number of amides is 1. The number of carbonyl (C=O) groups excluding carboxylic acids is 1. The third kappa shape index (κ3) is 2.30. The smallest absolute Gasteiger partial charge is 0.252 e. The van der Waals surface area contributed by atoms with Crippen molar-refractivity contribution in [2.24, 2.45) is 0 Å². The molecular formula is C16H15N3O2S. The van der Waals surface area contributed by atoms with Crippen LogP contribution in [0.2, 0.25) is 0 Å². The van der Waals surface area contributed by atoms with E-state index in [1.165, 1.54) is 0 Å². The van der Waals surface area contributed by atoms with Crippen LogP contribution in [-0.4, -0.2) is 33.1 Å². The minimum atomic E-state index is -0.277. The van der Waals surface area contributed by atoms with Gasteiger partial charge in [-0.05, 0) is 36.6 Å². The third-order valence-electron chi connectivity index (χ3n) is 4.08. The van der Waals surface area contributed by atoms with Crippen molar-refractivity contribution in [3.8, 4) is 10.4 Å². The first-order valence-corrected chi connectivity index (χ1v) is 8.07. The zero-order chi connectivity index (χ0) is 15.1. The van der Waals surface area contributed by atoms with Crippen molar-refractivity contribution in [2.45, 2.75) is 25.0 Å². The second-order valence-corrected chi connectivity index (χ2v) is 6.51. The van der Waals surface area contributed by atoms with E-state index in [1.54, 1.807) is 23.0 Å². The molecule has 0 atom stereocenters. The Morgan fingerprint density at radius 1 is 1.41 bits per heavy atom. The first kappa shape index (κ1) is 13.5. The minimum absolute atomic E-state index is 0.0727. The predicted octanol–water partition coefficient (Wildman–Crippen LogP) is 2.54. The number of aromatic amines is 1. The number of H-pyrrole nitrogens is 1. The molecule has 0 bridgehead atoms. The molecule has 2 aromatic heterocycles. The largest absolute Gasteiger partial charge is 0.393 e. The minimum Gasteiger partial charge on any atom is -0.393 e. The van der Waals surface area contributed by atoms with Crippen molar-refractivity contribution in [1.82, 2.24) is 15.3 Å². The van der Waals surface area contributed by atoms with Crippen LogP contribution in [0.3, 0.4) is 0 Å². The van der Waals surface area contributed by atoms with Crippen molar-refractivity contribution < 1.29 is 9.90 Å². The molecule has 3 aromatic rings. The Morgan fingerprint density at radius 2 is 2.27 bits per heavy atom. The Labute approximate surface area is 131 Å². The topological polar surface area (TPSA) is 78.0 Å². The van der Waals surface area contributed by atoms with Gasteiger partial charge in [-0.15, -0.1) is 11.3 Å². The summed E-state index contributed by atoms with van der Waals surface area (Å²) in [5.74, 6) is -0.0899. The number of carbonyl (C=O) groups is 1. The average Bonchev–Trinajstić information content (AvgIpc) is 3.15. The molecule has 1 aromatic carbocycles. The quantitative estimate of drug-likeness (QED) is 0.695. The highest BCUT2D eigenvalue weighted by molar-refractivity contribution is 7.13. The predicted molar refractivity (Wildman–Crippen MR) is 85.9 cm³/mol. The fourth-order valence-electron chi connectivity index (χ4n) is 2.82. The van der Waals surface area contributed by atoms with E-state index in [9.17, 15) is 9.90 Å². The van der Waals surface area contributed by atoms with Gasteiger partial charge < -0.3 is 15.4 Å². The number of hydrogen-bond acceptors (Lipinski definition) is 4. The Kier molecular flexibility index (Phi) is 3.20. The molecule has 1 aliphatic rings. The van der Waals surface area contributed by atoms with Gasteiger partial charge in [0.15, 0.2) is 0 Å². The molecule has 112 valence electrons. The lowest BCUT2D eigenvalue weighted by atomic mass is 9.89. The number of aromatic nitrogens is 2. The van der Waals surface area contributed by atoms with E-state index in [0.717, 1.165) is 21.3 Å². The fraction of sp³-hybridized carbons (Fsp3) is 0.250. The molecular weight excluding hydrogens is 298 g/mol. The summed E-state index contributed by atoms with van der Waals surface area (Å²) < 4.78 is 0. The van der Waals surface area contributed by atoms with Crippen molar-refractivity contribution in [3.63, 3.8) is 0 Å². The number of rotatable bonds is 3. The van der Waals surface area contributed by atoms with Crippen LogP contribution in [0, 0.1) is 0 Å². The molecule has 1 amide bonds. The van der Waals surface area contributed by atoms with Gasteiger partial charge >= 0.3 is 0 Å². The van der Waals surface area contributed by atoms with Gasteiger partial charge in [0.1, 0.15) is 0 Å². The number of thiazole rings is 1. The Morgan fingerprint density at radius 3 is 3.00 bits per heavy atom. The maximum atomic E-state index is 12.6. The van der Waals surface area contributed by atoms with Crippen molar-refractivity contribution >= 4 is 28.1 Å². The Balaban J connectivity index is 1.72. The number of aliphatic hydroxyl groups excluding tert-OH is 1. The van der Waals surface area contributed by atoms with Crippen LogP contribution in [0.4, 0.5) is 0 Å². The highest BCUT2D eigenvalue weighted by Crippen LogP contribution is 2.30. The molecule has 6 heteroatoms. The van der Waals surface area contributed by atoms with Crippen LogP contribution < -0.4 is 5.32 Å². The van der Waals surface area contributed by atoms with Crippen molar-refractivity contribution in [3.05, 3.63) is 41.7 Å². The molecule has 2 heterocycles. The monoisotopic (exact) mass is 313 g/mol. The van der Waals surface area contributed by atoms with E-state index in [1.807, 2.05) is 24.4 Å². The zero-order valence-electron chi connectivity index (χ0n) is 11.7. The summed E-state index contributed by atoms with van der Waals surface area (Å²) in [6.45, 7) is 0. The van der Waals surface area contributed by atoms with Gasteiger partial charge in [-0.2, -0.15) is 0 Å². The molecule has 1 aliphatic carbocycles. The number of hydrogen-bond donors (Lipinski definition) is 3. The van der Waals surface area contributed by atoms with Gasteiger partial charge in [-0.25, -0.2) is 0 Å². The van der Waals surface area contributed by atoms with Crippen molar-refractivity contribution in [1.29, 1.82) is 0 Å². The summed E-state index contributed by atoms with van der Waals surface area (Å²) in [6, 6.07) is 5.93. The van der Waals surface area contributed by atoms with Crippen LogP contribution in [0.1, 0.15) is 23.2 Å². The van der Waals surface area contributed by atoms with Crippen LogP contribution >= 0.6 is 11.3 Å². The number of aliphatic hydroxyl groups is 1. The van der Waals surface area contributed by atoms with E-state index in [-0.39, 0.29) is 18.1 Å². The number of fused-ring (bicyclic) bond motifs is 1. The summed E-state index contributed by atoms with van der Waals surface area (Å²) in [7, 11) is 0. The van der Waals surface area contributed by atoms with E-state index >= 15 is 0 Å². The average molecular weight is 313 g/mol. The summed E-state index contributed by atoms with van der Waals surface area (Å²) in [5, 5.41) is 13.2. The highest BCUT2D eigenvalue weighted by Gasteiger charge is 2.29. The van der Waals surface area contributed by atoms with Gasteiger partial charge in [0, 0.05) is 34.9 Å². The summed E-state index contributed by atoms with van der Waals surface area (Å²) >= 11 is 1.55. The molecule has 3 N–H and O–H groups in total. The maximum Gasteiger partial charge on any atom is 0.252 e. The van der Waals surface area contributed by atoms with Crippen LogP contribution in [0.5, 0.6) is 0 Å². The van der Waals surface area contributed by atoms with E-state index in [0.29, 0.717) is 18.4 Å². The molecule has 1 fully saturated rings. The second-order valence-electron chi connectivity index (χ2n) is 5.62. The van der Waals surface area contributed by atoms with E-state index in [4.69, 9.17) is 0 Å². The fourth-order valence-corrected chi connectivity index (χ4v) is 3.44. The Hall–Kier alpha value is -2.18. The number of nitrogens with zero attached hydrogens (tertiary/aromatic N) is 1. The number of nitrogens with one attached hydrogen (secondary N) is 2. The molecule has 0 radical (unpaired) electrons. The molecule has 4 rings (SSSR count). The highest BCUT2D eigenvalue weighted by atomic mass is 32.1. The third-order valence-corrected chi connectivity index (χ3v) is 4.90. The van der Waals surface area contributed by atoms with Gasteiger partial charge in [0.05, 0.1) is 16.5 Å². The maximum absolute atomic E-state index is 12.6. The summed E-state index contributed by atoms with van der Waals surface area (Å²) in [4.78, 5) is 20.9. The zero-order valence-corrected chi connectivity index (χ0v) is 12.6. The van der Waals surface area contributed by atoms with Crippen LogP contribution in [0.25, 0.3) is 21.3 Å². The standard InChI is InChI=1S/C16H15N3O2S/c20-11-5-10(6-11)19-16(21)13-3-9(15-7-17-8-22-15)4-14-12(13)1-2-18-14/h1-4,7-8,10-11,18,20H,5-6H2,(H,19,21). The lowest BCUT2D eigenvalue weighted by Gasteiger charge is -2.32. The van der Waals surface area contributed by atoms with Gasteiger partial charge in [-0.3, -0.25) is 9.78 Å². The first-order valence-electron chi connectivity index (χ1n) is 7.19. The van der Waals surface area contributed by atoms with Crippen LogP contribution in [0.15, 0.2) is 36.1 Å². The van der Waals surface area contributed by atoms with Crippen LogP contribution in [-0.2, 0) is 0 Å². The van der Waals surface area contributed by atoms with Crippen molar-refractivity contribution in [2.75, 3.05) is 0 Å². The van der Waals surface area contributed by atoms with Gasteiger partial charge in [0.2, 0.25) is 0 Å².